The van der Waals surface area contributed by atoms with E-state index in [2.05, 4.69) is 16.0 Å². The second-order valence-electron chi connectivity index (χ2n) is 8.03. The third-order valence-electron chi connectivity index (χ3n) is 5.41. The third kappa shape index (κ3) is 5.02. The molecule has 6 nitrogen and oxygen atoms in total. The van der Waals surface area contributed by atoms with Gasteiger partial charge in [-0.2, -0.15) is 0 Å². The van der Waals surface area contributed by atoms with Crippen molar-refractivity contribution in [1.29, 1.82) is 0 Å². The van der Waals surface area contributed by atoms with Crippen LogP contribution < -0.4 is 20.7 Å². The van der Waals surface area contributed by atoms with Gasteiger partial charge in [0.1, 0.15) is 23.1 Å². The van der Waals surface area contributed by atoms with Crippen molar-refractivity contribution in [2.45, 2.75) is 25.5 Å². The first-order valence-electron chi connectivity index (χ1n) is 10.9. The number of carbonyl (C=O) groups excluding carboxylic acids is 2. The lowest BCUT2D eigenvalue weighted by Gasteiger charge is -2.10. The maximum atomic E-state index is 14.7. The lowest BCUT2D eigenvalue weighted by Crippen LogP contribution is -2.30. The summed E-state index contributed by atoms with van der Waals surface area (Å²) in [5.74, 6) is -0.0998. The molecule has 1 fully saturated rings. The van der Waals surface area contributed by atoms with Gasteiger partial charge in [0, 0.05) is 33.1 Å². The normalized spacial score (nSPS) is 12.9. The second kappa shape index (κ2) is 9.52. The van der Waals surface area contributed by atoms with Crippen LogP contribution in [-0.4, -0.2) is 18.0 Å². The van der Waals surface area contributed by atoms with Crippen LogP contribution in [0.15, 0.2) is 72.8 Å². The molecule has 3 amide bonds. The van der Waals surface area contributed by atoms with E-state index in [0.29, 0.717) is 37.7 Å². The fourth-order valence-corrected chi connectivity index (χ4v) is 4.68. The Kier molecular flexibility index (Phi) is 6.14. The molecule has 0 saturated heterocycles. The van der Waals surface area contributed by atoms with Gasteiger partial charge in [0.05, 0.1) is 0 Å². The number of hydrogen-bond donors (Lipinski definition) is 3. The van der Waals surface area contributed by atoms with E-state index in [9.17, 15) is 14.0 Å². The van der Waals surface area contributed by atoms with Crippen molar-refractivity contribution in [2.75, 3.05) is 10.6 Å². The zero-order valence-electron chi connectivity index (χ0n) is 18.1. The minimum absolute atomic E-state index is 0.0622. The highest BCUT2D eigenvalue weighted by molar-refractivity contribution is 7.21. The molecule has 34 heavy (non-hydrogen) atoms. The highest BCUT2D eigenvalue weighted by Crippen LogP contribution is 2.34. The minimum atomic E-state index is -0.389. The topological polar surface area (TPSA) is 79.5 Å². The van der Waals surface area contributed by atoms with Crippen molar-refractivity contribution >= 4 is 44.7 Å². The SMILES string of the molecule is O=C(Nc1ccc(NC(=O)c2sc3cccc(F)c3c2COc2ccccc2)cc1)NC1CC1. The lowest BCUT2D eigenvalue weighted by molar-refractivity contribution is 0.102. The Morgan fingerprint density at radius 3 is 2.32 bits per heavy atom. The van der Waals surface area contributed by atoms with Crippen LogP contribution >= 0.6 is 11.3 Å². The van der Waals surface area contributed by atoms with E-state index >= 15 is 0 Å². The summed E-state index contributed by atoms with van der Waals surface area (Å²) >= 11 is 1.23. The number of benzene rings is 3. The molecule has 172 valence electrons. The third-order valence-corrected chi connectivity index (χ3v) is 6.61. The average Bonchev–Trinajstić information content (AvgIpc) is 3.56. The van der Waals surface area contributed by atoms with Crippen molar-refractivity contribution in [2.24, 2.45) is 0 Å². The molecule has 0 spiro atoms. The fraction of sp³-hybridized carbons (Fsp3) is 0.154. The van der Waals surface area contributed by atoms with Crippen LogP contribution in [0.1, 0.15) is 28.1 Å². The number of rotatable bonds is 7. The molecule has 0 unspecified atom stereocenters. The summed E-state index contributed by atoms with van der Waals surface area (Å²) in [6.45, 7) is 0.0622. The summed E-state index contributed by atoms with van der Waals surface area (Å²) in [6, 6.07) is 20.9. The molecule has 1 aliphatic carbocycles. The van der Waals surface area contributed by atoms with Crippen LogP contribution in [0.3, 0.4) is 0 Å². The van der Waals surface area contributed by atoms with E-state index in [1.807, 2.05) is 30.3 Å². The number of amides is 3. The molecule has 1 aliphatic rings. The molecule has 3 N–H and O–H groups in total. The van der Waals surface area contributed by atoms with E-state index in [1.54, 1.807) is 36.4 Å². The van der Waals surface area contributed by atoms with Gasteiger partial charge in [-0.05, 0) is 61.4 Å². The molecular formula is C26H22FN3O3S. The van der Waals surface area contributed by atoms with Gasteiger partial charge in [-0.3, -0.25) is 4.79 Å². The van der Waals surface area contributed by atoms with Crippen LogP contribution in [0, 0.1) is 5.82 Å². The van der Waals surface area contributed by atoms with Gasteiger partial charge in [0.2, 0.25) is 0 Å². The number of urea groups is 1. The number of para-hydroxylation sites is 1. The van der Waals surface area contributed by atoms with Crippen LogP contribution in [0.25, 0.3) is 10.1 Å². The number of anilines is 2. The second-order valence-corrected chi connectivity index (χ2v) is 9.08. The highest BCUT2D eigenvalue weighted by Gasteiger charge is 2.23. The Morgan fingerprint density at radius 1 is 0.912 bits per heavy atom. The number of thiophene rings is 1. The van der Waals surface area contributed by atoms with Crippen LogP contribution in [0.4, 0.5) is 20.6 Å². The number of nitrogens with one attached hydrogen (secondary N) is 3. The number of carbonyl (C=O) groups is 2. The molecule has 0 aliphatic heterocycles. The smallest absolute Gasteiger partial charge is 0.319 e. The summed E-state index contributed by atoms with van der Waals surface area (Å²) in [6.07, 6.45) is 2.02. The van der Waals surface area contributed by atoms with Gasteiger partial charge in [-0.15, -0.1) is 11.3 Å². The Hall–Kier alpha value is -3.91. The van der Waals surface area contributed by atoms with Crippen molar-refractivity contribution in [3.8, 4) is 5.75 Å². The minimum Gasteiger partial charge on any atom is -0.489 e. The maximum Gasteiger partial charge on any atom is 0.319 e. The molecule has 0 radical (unpaired) electrons. The Labute approximate surface area is 199 Å². The van der Waals surface area contributed by atoms with Gasteiger partial charge in [0.25, 0.3) is 5.91 Å². The molecular weight excluding hydrogens is 453 g/mol. The largest absolute Gasteiger partial charge is 0.489 e. The molecule has 8 heteroatoms. The van der Waals surface area contributed by atoms with E-state index in [-0.39, 0.29) is 30.4 Å². The summed E-state index contributed by atoms with van der Waals surface area (Å²) in [5, 5.41) is 8.89. The number of halogens is 1. The first-order chi connectivity index (χ1) is 16.6. The fourth-order valence-electron chi connectivity index (χ4n) is 3.57. The predicted molar refractivity (Wildman–Crippen MR) is 132 cm³/mol. The summed E-state index contributed by atoms with van der Waals surface area (Å²) in [5.41, 5.74) is 1.69. The summed E-state index contributed by atoms with van der Waals surface area (Å²) in [4.78, 5) is 25.4. The monoisotopic (exact) mass is 475 g/mol. The molecule has 0 bridgehead atoms. The number of fused-ring (bicyclic) bond motifs is 1. The molecule has 5 rings (SSSR count). The quantitative estimate of drug-likeness (QED) is 0.300. The van der Waals surface area contributed by atoms with Crippen LogP contribution in [-0.2, 0) is 6.61 Å². The number of ether oxygens (including phenoxy) is 1. The zero-order valence-corrected chi connectivity index (χ0v) is 19.0. The first-order valence-corrected chi connectivity index (χ1v) is 11.7. The van der Waals surface area contributed by atoms with Gasteiger partial charge < -0.3 is 20.7 Å². The van der Waals surface area contributed by atoms with E-state index in [1.165, 1.54) is 17.4 Å². The van der Waals surface area contributed by atoms with Crippen molar-refractivity contribution in [3.63, 3.8) is 0 Å². The maximum absolute atomic E-state index is 14.7. The molecule has 0 atom stereocenters. The van der Waals surface area contributed by atoms with Crippen molar-refractivity contribution in [3.05, 3.63) is 89.1 Å². The molecule has 1 heterocycles. The average molecular weight is 476 g/mol. The zero-order chi connectivity index (χ0) is 23.5. The predicted octanol–water partition coefficient (Wildman–Crippen LogP) is 6.16. The van der Waals surface area contributed by atoms with Gasteiger partial charge in [-0.1, -0.05) is 24.3 Å². The molecule has 4 aromatic rings. The van der Waals surface area contributed by atoms with Gasteiger partial charge >= 0.3 is 6.03 Å². The van der Waals surface area contributed by atoms with Crippen molar-refractivity contribution in [1.82, 2.24) is 5.32 Å². The molecule has 1 aromatic heterocycles. The van der Waals surface area contributed by atoms with Crippen LogP contribution in [0.2, 0.25) is 0 Å². The lowest BCUT2D eigenvalue weighted by atomic mass is 10.1. The molecule has 1 saturated carbocycles. The Bertz CT molecular complexity index is 1330. The summed E-state index contributed by atoms with van der Waals surface area (Å²) < 4.78 is 21.2. The van der Waals surface area contributed by atoms with Crippen molar-refractivity contribution < 1.29 is 18.7 Å². The molecule has 3 aromatic carbocycles. The number of hydrogen-bond acceptors (Lipinski definition) is 4. The van der Waals surface area contributed by atoms with E-state index < -0.39 is 0 Å². The van der Waals surface area contributed by atoms with Crippen LogP contribution in [0.5, 0.6) is 5.75 Å². The summed E-state index contributed by atoms with van der Waals surface area (Å²) in [7, 11) is 0. The Morgan fingerprint density at radius 2 is 1.62 bits per heavy atom. The Balaban J connectivity index is 1.34. The van der Waals surface area contributed by atoms with E-state index in [0.717, 1.165) is 12.8 Å². The standard InChI is InChI=1S/C26H22FN3O3S/c27-21-7-4-8-22-23(21)20(15-33-19-5-2-1-3-6-19)24(34-22)25(31)28-16-9-11-17(12-10-16)29-26(32)30-18-13-14-18/h1-12,18H,13-15H2,(H,28,31)(H2,29,30,32). The van der Waals surface area contributed by atoms with E-state index in [4.69, 9.17) is 4.74 Å². The first kappa shape index (κ1) is 21.9. The van der Waals surface area contributed by atoms with Gasteiger partial charge in [-0.25, -0.2) is 9.18 Å². The highest BCUT2D eigenvalue weighted by atomic mass is 32.1. The van der Waals surface area contributed by atoms with Gasteiger partial charge in [0.15, 0.2) is 0 Å².